The van der Waals surface area contributed by atoms with Gasteiger partial charge in [-0.05, 0) is 15.5 Å². The Labute approximate surface area is 126 Å². The first-order valence-corrected chi connectivity index (χ1v) is 6.51. The second-order valence-electron chi connectivity index (χ2n) is 6.85. The summed E-state index contributed by atoms with van der Waals surface area (Å²) in [4.78, 5) is 0. The van der Waals surface area contributed by atoms with Crippen LogP contribution in [0.2, 0.25) is 0 Å². The van der Waals surface area contributed by atoms with Gasteiger partial charge in [0, 0.05) is 40.8 Å². The van der Waals surface area contributed by atoms with Crippen LogP contribution in [0.1, 0.15) is 62.3 Å². The van der Waals surface area contributed by atoms with Gasteiger partial charge in [0.2, 0.25) is 0 Å². The van der Waals surface area contributed by atoms with Gasteiger partial charge in [-0.15, -0.1) is 0 Å². The summed E-state index contributed by atoms with van der Waals surface area (Å²) in [6, 6.07) is 0. The van der Waals surface area contributed by atoms with E-state index in [0.717, 1.165) is 0 Å². The van der Waals surface area contributed by atoms with Crippen molar-refractivity contribution in [2.75, 3.05) is 0 Å². The molecule has 0 radical (unpaired) electrons. The molecule has 0 rings (SSSR count). The third-order valence-electron chi connectivity index (χ3n) is 2.01. The number of rotatable bonds is 0. The van der Waals surface area contributed by atoms with Crippen LogP contribution in [-0.2, 0) is 40.8 Å². The van der Waals surface area contributed by atoms with Crippen molar-refractivity contribution in [3.63, 3.8) is 0 Å². The van der Waals surface area contributed by atoms with Crippen LogP contribution in [0.5, 0.6) is 0 Å². The Morgan fingerprint density at radius 2 is 0.600 bits per heavy atom. The zero-order chi connectivity index (χ0) is 11.1. The van der Waals surface area contributed by atoms with E-state index in [4.69, 9.17) is 0 Å². The van der Waals surface area contributed by atoms with Crippen LogP contribution in [0.15, 0.2) is 0 Å². The molecule has 0 aromatic rings. The summed E-state index contributed by atoms with van der Waals surface area (Å²) in [5.41, 5.74) is 0. The second-order valence-corrected chi connectivity index (χ2v) is 11.5. The fraction of sp³-hybridized carbons (Fsp3) is 1.00. The standard InChI is InChI=1S/C12H27P.2Pd/c1-10(2,3)13(11(4,5)6)12(7,8)9;;/h1-9H3;;. The number of hydrogen-bond donors (Lipinski definition) is 0. The summed E-state index contributed by atoms with van der Waals surface area (Å²) in [5.74, 6) is 0. The van der Waals surface area contributed by atoms with E-state index in [9.17, 15) is 0 Å². The Kier molecular flexibility index (Phi) is 9.71. The molecule has 0 nitrogen and oxygen atoms in total. The topological polar surface area (TPSA) is 0 Å². The Hall–Kier alpha value is 1.75. The van der Waals surface area contributed by atoms with Gasteiger partial charge in [-0.3, -0.25) is 0 Å². The monoisotopic (exact) mass is 414 g/mol. The maximum absolute atomic E-state index is 2.38. The molecule has 0 saturated heterocycles. The van der Waals surface area contributed by atoms with Crippen molar-refractivity contribution >= 4 is 7.92 Å². The largest absolute Gasteiger partial charge is 0.0901 e. The first-order chi connectivity index (χ1) is 5.37. The SMILES string of the molecule is CC(C)(C)P(C(C)(C)C)C(C)(C)C.[Pd].[Pd]. The molecule has 0 aliphatic heterocycles. The van der Waals surface area contributed by atoms with Gasteiger partial charge in [-0.25, -0.2) is 0 Å². The van der Waals surface area contributed by atoms with Gasteiger partial charge in [0.15, 0.2) is 0 Å². The smallest absolute Gasteiger partial charge is 0 e. The average Bonchev–Trinajstić information content (AvgIpc) is 1.44. The van der Waals surface area contributed by atoms with Crippen LogP contribution in [0, 0.1) is 0 Å². The molecular formula is C12H27PPd2. The van der Waals surface area contributed by atoms with E-state index in [0.29, 0.717) is 15.5 Å². The zero-order valence-electron chi connectivity index (χ0n) is 11.6. The Balaban J connectivity index is -0.000000720. The van der Waals surface area contributed by atoms with Gasteiger partial charge in [0.1, 0.15) is 0 Å². The molecule has 0 aromatic carbocycles. The van der Waals surface area contributed by atoms with Crippen molar-refractivity contribution in [3.05, 3.63) is 0 Å². The maximum atomic E-state index is 2.38. The van der Waals surface area contributed by atoms with Crippen LogP contribution in [0.4, 0.5) is 0 Å². The van der Waals surface area contributed by atoms with Crippen molar-refractivity contribution < 1.29 is 40.8 Å². The summed E-state index contributed by atoms with van der Waals surface area (Å²) < 4.78 is 0. The van der Waals surface area contributed by atoms with Gasteiger partial charge in [0.25, 0.3) is 0 Å². The molecule has 0 atom stereocenters. The van der Waals surface area contributed by atoms with E-state index >= 15 is 0 Å². The molecule has 0 fully saturated rings. The van der Waals surface area contributed by atoms with Gasteiger partial charge in [-0.2, -0.15) is 0 Å². The molecular weight excluding hydrogens is 388 g/mol. The molecule has 100 valence electrons. The van der Waals surface area contributed by atoms with Crippen molar-refractivity contribution in [1.29, 1.82) is 0 Å². The Bertz CT molecular complexity index is 136. The molecule has 0 aromatic heterocycles. The normalized spacial score (nSPS) is 13.2. The predicted octanol–water partition coefficient (Wildman–Crippen LogP) is 4.86. The van der Waals surface area contributed by atoms with Crippen LogP contribution in [0.3, 0.4) is 0 Å². The quantitative estimate of drug-likeness (QED) is 0.392. The minimum Gasteiger partial charge on any atom is -0.0901 e. The van der Waals surface area contributed by atoms with Crippen LogP contribution >= 0.6 is 7.92 Å². The van der Waals surface area contributed by atoms with Crippen molar-refractivity contribution in [3.8, 4) is 0 Å². The van der Waals surface area contributed by atoms with E-state index in [1.807, 2.05) is 0 Å². The van der Waals surface area contributed by atoms with Gasteiger partial charge >= 0.3 is 0 Å². The van der Waals surface area contributed by atoms with Gasteiger partial charge in [0.05, 0.1) is 0 Å². The Morgan fingerprint density at radius 3 is 0.600 bits per heavy atom. The molecule has 0 unspecified atom stereocenters. The van der Waals surface area contributed by atoms with Crippen molar-refractivity contribution in [1.82, 2.24) is 0 Å². The van der Waals surface area contributed by atoms with E-state index in [2.05, 4.69) is 62.3 Å². The summed E-state index contributed by atoms with van der Waals surface area (Å²) in [5, 5.41) is 1.35. The van der Waals surface area contributed by atoms with Crippen LogP contribution in [-0.4, -0.2) is 15.5 Å². The predicted molar refractivity (Wildman–Crippen MR) is 66.2 cm³/mol. The molecule has 0 N–H and O–H groups in total. The van der Waals surface area contributed by atoms with E-state index in [-0.39, 0.29) is 48.8 Å². The maximum Gasteiger partial charge on any atom is 0 e. The first-order valence-electron chi connectivity index (χ1n) is 5.17. The average molecular weight is 415 g/mol. The number of hydrogen-bond acceptors (Lipinski definition) is 0. The van der Waals surface area contributed by atoms with Crippen molar-refractivity contribution in [2.24, 2.45) is 0 Å². The molecule has 0 amide bonds. The third kappa shape index (κ3) is 7.64. The molecule has 3 heteroatoms. The molecule has 0 aliphatic rings. The van der Waals surface area contributed by atoms with Gasteiger partial charge < -0.3 is 0 Å². The summed E-state index contributed by atoms with van der Waals surface area (Å²) in [6.07, 6.45) is 0. The minimum absolute atomic E-state index is 0. The third-order valence-corrected chi connectivity index (χ3v) is 6.04. The summed E-state index contributed by atoms with van der Waals surface area (Å²) in [6.45, 7) is 21.5. The zero-order valence-corrected chi connectivity index (χ0v) is 15.6. The minimum atomic E-state index is 0. The van der Waals surface area contributed by atoms with E-state index < -0.39 is 0 Å². The Morgan fingerprint density at radius 1 is 0.467 bits per heavy atom. The fourth-order valence-corrected chi connectivity index (χ4v) is 9.06. The van der Waals surface area contributed by atoms with Crippen molar-refractivity contribution in [2.45, 2.75) is 77.8 Å². The molecule has 0 bridgehead atoms. The van der Waals surface area contributed by atoms with Gasteiger partial charge in [-0.1, -0.05) is 70.2 Å². The summed E-state index contributed by atoms with van der Waals surface area (Å²) in [7, 11) is 0.0162. The summed E-state index contributed by atoms with van der Waals surface area (Å²) >= 11 is 0. The molecule has 0 spiro atoms. The fourth-order valence-electron chi connectivity index (χ4n) is 3.02. The molecule has 15 heavy (non-hydrogen) atoms. The first kappa shape index (κ1) is 22.0. The van der Waals surface area contributed by atoms with Crippen LogP contribution in [0.25, 0.3) is 0 Å². The molecule has 0 aliphatic carbocycles. The molecule has 0 heterocycles. The molecule has 0 saturated carbocycles. The second kappa shape index (κ2) is 6.62. The van der Waals surface area contributed by atoms with Crippen LogP contribution < -0.4 is 0 Å². The van der Waals surface area contributed by atoms with E-state index in [1.165, 1.54) is 0 Å². The van der Waals surface area contributed by atoms with E-state index in [1.54, 1.807) is 0 Å².